The van der Waals surface area contributed by atoms with Crippen molar-refractivity contribution in [3.05, 3.63) is 30.1 Å². The summed E-state index contributed by atoms with van der Waals surface area (Å²) in [6.07, 6.45) is 0.597. The summed E-state index contributed by atoms with van der Waals surface area (Å²) < 4.78 is 7.81. The minimum Gasteiger partial charge on any atom is -0.378 e. The number of hydrogen-bond donors (Lipinski definition) is 2. The van der Waals surface area contributed by atoms with Crippen molar-refractivity contribution in [2.75, 3.05) is 13.2 Å². The molecule has 27 heavy (non-hydrogen) atoms. The molecule has 0 bridgehead atoms. The number of nitrogens with zero attached hydrogens (tertiary/aromatic N) is 2. The SMILES string of the molecule is CCOC1CC(N)(C(=O)NCCn2c(C)nc3ccccc32)C1(C)C.Cl.Cl. The average molecular weight is 417 g/mol. The fourth-order valence-electron chi connectivity index (χ4n) is 3.74. The first-order chi connectivity index (χ1) is 11.8. The first kappa shape index (κ1) is 23.7. The summed E-state index contributed by atoms with van der Waals surface area (Å²) in [4.78, 5) is 17.2. The standard InChI is InChI=1S/C19H28N4O2.2ClH/c1-5-25-16-12-19(20,18(16,3)4)17(24)21-10-11-23-13(2)22-14-8-6-7-9-15(14)23;;/h6-9,16H,5,10-12,20H2,1-4H3,(H,21,24);2*1H. The third-order valence-corrected chi connectivity index (χ3v) is 5.70. The molecule has 0 radical (unpaired) electrons. The van der Waals surface area contributed by atoms with E-state index in [-0.39, 0.29) is 42.2 Å². The maximum Gasteiger partial charge on any atom is 0.240 e. The highest BCUT2D eigenvalue weighted by Crippen LogP contribution is 2.49. The van der Waals surface area contributed by atoms with Gasteiger partial charge >= 0.3 is 0 Å². The van der Waals surface area contributed by atoms with Gasteiger partial charge in [0.05, 0.1) is 17.1 Å². The van der Waals surface area contributed by atoms with Gasteiger partial charge in [0.15, 0.2) is 0 Å². The highest BCUT2D eigenvalue weighted by Gasteiger charge is 2.62. The Morgan fingerprint density at radius 2 is 2.04 bits per heavy atom. The van der Waals surface area contributed by atoms with Crippen LogP contribution in [0.3, 0.4) is 0 Å². The van der Waals surface area contributed by atoms with Gasteiger partial charge in [-0.3, -0.25) is 4.79 Å². The summed E-state index contributed by atoms with van der Waals surface area (Å²) in [5.74, 6) is 0.842. The molecule has 1 aliphatic carbocycles. The Hall–Kier alpha value is -1.34. The number of aromatic nitrogens is 2. The van der Waals surface area contributed by atoms with E-state index in [1.54, 1.807) is 0 Å². The molecule has 3 N–H and O–H groups in total. The Balaban J connectivity index is 0.00000182. The van der Waals surface area contributed by atoms with Crippen LogP contribution in [0.1, 0.15) is 33.0 Å². The third-order valence-electron chi connectivity index (χ3n) is 5.70. The molecule has 0 spiro atoms. The lowest BCUT2D eigenvalue weighted by Crippen LogP contribution is -2.75. The van der Waals surface area contributed by atoms with Crippen molar-refractivity contribution in [3.63, 3.8) is 0 Å². The number of carbonyl (C=O) groups is 1. The first-order valence-electron chi connectivity index (χ1n) is 8.92. The molecule has 1 aromatic heterocycles. The van der Waals surface area contributed by atoms with Crippen LogP contribution >= 0.6 is 24.8 Å². The topological polar surface area (TPSA) is 82.2 Å². The number of para-hydroxylation sites is 2. The van der Waals surface area contributed by atoms with Gasteiger partial charge in [-0.1, -0.05) is 26.0 Å². The normalized spacial score (nSPS) is 23.1. The van der Waals surface area contributed by atoms with E-state index in [0.29, 0.717) is 26.1 Å². The quantitative estimate of drug-likeness (QED) is 0.757. The highest BCUT2D eigenvalue weighted by molar-refractivity contribution is 5.88. The molecule has 2 aromatic rings. The van der Waals surface area contributed by atoms with Crippen LogP contribution in [-0.2, 0) is 16.1 Å². The van der Waals surface area contributed by atoms with Crippen molar-refractivity contribution in [1.29, 1.82) is 0 Å². The van der Waals surface area contributed by atoms with Crippen LogP contribution in [-0.4, -0.2) is 40.3 Å². The second-order valence-corrected chi connectivity index (χ2v) is 7.40. The van der Waals surface area contributed by atoms with Gasteiger partial charge < -0.3 is 20.4 Å². The number of hydrogen-bond acceptors (Lipinski definition) is 4. The second-order valence-electron chi connectivity index (χ2n) is 7.40. The molecular weight excluding hydrogens is 387 g/mol. The summed E-state index contributed by atoms with van der Waals surface area (Å²) in [6.45, 7) is 9.78. The molecule has 2 atom stereocenters. The number of aryl methyl sites for hydroxylation is 1. The van der Waals surface area contributed by atoms with Crippen LogP contribution in [0.25, 0.3) is 11.0 Å². The Morgan fingerprint density at radius 1 is 1.37 bits per heavy atom. The second kappa shape index (κ2) is 8.78. The number of benzene rings is 1. The maximum absolute atomic E-state index is 12.7. The van der Waals surface area contributed by atoms with E-state index in [9.17, 15) is 4.79 Å². The van der Waals surface area contributed by atoms with Crippen LogP contribution in [0.5, 0.6) is 0 Å². The van der Waals surface area contributed by atoms with E-state index in [4.69, 9.17) is 10.5 Å². The number of amides is 1. The molecule has 1 aliphatic rings. The zero-order chi connectivity index (χ0) is 18.2. The lowest BCUT2D eigenvalue weighted by Gasteiger charge is -2.57. The van der Waals surface area contributed by atoms with Gasteiger partial charge in [-0.05, 0) is 26.0 Å². The van der Waals surface area contributed by atoms with Gasteiger partial charge in [-0.2, -0.15) is 0 Å². The fourth-order valence-corrected chi connectivity index (χ4v) is 3.74. The molecule has 2 unspecified atom stereocenters. The van der Waals surface area contributed by atoms with Gasteiger partial charge in [0.25, 0.3) is 0 Å². The van der Waals surface area contributed by atoms with Crippen LogP contribution in [0.4, 0.5) is 0 Å². The first-order valence-corrected chi connectivity index (χ1v) is 8.92. The van der Waals surface area contributed by atoms with Crippen molar-refractivity contribution in [2.24, 2.45) is 11.1 Å². The van der Waals surface area contributed by atoms with Crippen molar-refractivity contribution >= 4 is 41.8 Å². The summed E-state index contributed by atoms with van der Waals surface area (Å²) in [5.41, 5.74) is 7.22. The van der Waals surface area contributed by atoms with Crippen LogP contribution in [0.15, 0.2) is 24.3 Å². The van der Waals surface area contributed by atoms with Gasteiger partial charge in [0.1, 0.15) is 11.4 Å². The van der Waals surface area contributed by atoms with Crippen molar-refractivity contribution in [2.45, 2.75) is 52.3 Å². The molecule has 1 saturated carbocycles. The average Bonchev–Trinajstić information content (AvgIpc) is 2.90. The van der Waals surface area contributed by atoms with E-state index < -0.39 is 5.54 Å². The smallest absolute Gasteiger partial charge is 0.240 e. The lowest BCUT2D eigenvalue weighted by atomic mass is 9.54. The number of fused-ring (bicyclic) bond motifs is 1. The fraction of sp³-hybridized carbons (Fsp3) is 0.579. The Labute approximate surface area is 173 Å². The monoisotopic (exact) mass is 416 g/mol. The minimum atomic E-state index is -0.876. The number of ether oxygens (including phenoxy) is 1. The number of halogens is 2. The van der Waals surface area contributed by atoms with E-state index in [1.165, 1.54) is 0 Å². The molecule has 1 amide bonds. The van der Waals surface area contributed by atoms with Gasteiger partial charge in [0, 0.05) is 31.5 Å². The molecule has 152 valence electrons. The van der Waals surface area contributed by atoms with E-state index >= 15 is 0 Å². The van der Waals surface area contributed by atoms with E-state index in [1.807, 2.05) is 52.0 Å². The van der Waals surface area contributed by atoms with Gasteiger partial charge in [0.2, 0.25) is 5.91 Å². The number of nitrogens with one attached hydrogen (secondary N) is 1. The number of imidazole rings is 1. The van der Waals surface area contributed by atoms with Gasteiger partial charge in [-0.15, -0.1) is 24.8 Å². The lowest BCUT2D eigenvalue weighted by molar-refractivity contribution is -0.170. The molecule has 0 saturated heterocycles. The molecule has 3 rings (SSSR count). The Bertz CT molecular complexity index is 793. The minimum absolute atomic E-state index is 0. The molecule has 1 aromatic carbocycles. The summed E-state index contributed by atoms with van der Waals surface area (Å²) in [6, 6.07) is 8.02. The number of carbonyl (C=O) groups excluding carboxylic acids is 1. The van der Waals surface area contributed by atoms with Crippen molar-refractivity contribution in [3.8, 4) is 0 Å². The maximum atomic E-state index is 12.7. The zero-order valence-corrected chi connectivity index (χ0v) is 18.0. The predicted octanol–water partition coefficient (Wildman–Crippen LogP) is 2.84. The van der Waals surface area contributed by atoms with Crippen LogP contribution in [0.2, 0.25) is 0 Å². The van der Waals surface area contributed by atoms with E-state index in [0.717, 1.165) is 16.9 Å². The van der Waals surface area contributed by atoms with E-state index in [2.05, 4.69) is 14.9 Å². The molecule has 1 heterocycles. The Morgan fingerprint density at radius 3 is 2.67 bits per heavy atom. The third kappa shape index (κ3) is 3.94. The van der Waals surface area contributed by atoms with Crippen LogP contribution in [0, 0.1) is 12.3 Å². The zero-order valence-electron chi connectivity index (χ0n) is 16.3. The van der Waals surface area contributed by atoms with Crippen LogP contribution < -0.4 is 11.1 Å². The van der Waals surface area contributed by atoms with Crippen molar-refractivity contribution < 1.29 is 9.53 Å². The predicted molar refractivity (Wildman–Crippen MR) is 113 cm³/mol. The molecule has 1 fully saturated rings. The molecule has 6 nitrogen and oxygen atoms in total. The summed E-state index contributed by atoms with van der Waals surface area (Å²) in [7, 11) is 0. The van der Waals surface area contributed by atoms with Crippen molar-refractivity contribution in [1.82, 2.24) is 14.9 Å². The summed E-state index contributed by atoms with van der Waals surface area (Å²) >= 11 is 0. The largest absolute Gasteiger partial charge is 0.378 e. The van der Waals surface area contributed by atoms with Gasteiger partial charge in [-0.25, -0.2) is 4.98 Å². The molecule has 0 aliphatic heterocycles. The Kier molecular flexibility index (Phi) is 7.70. The molecular formula is C19H30Cl2N4O2. The summed E-state index contributed by atoms with van der Waals surface area (Å²) in [5, 5.41) is 3.01. The highest BCUT2D eigenvalue weighted by atomic mass is 35.5. The molecule has 8 heteroatoms. The number of nitrogens with two attached hydrogens (primary N) is 1. The number of rotatable bonds is 6.